The molecule has 2 nitrogen and oxygen atoms in total. The molecule has 2 rings (SSSR count). The third-order valence-electron chi connectivity index (χ3n) is 3.14. The topological polar surface area (TPSA) is 29.3 Å². The lowest BCUT2D eigenvalue weighted by Crippen LogP contribution is -2.13. The van der Waals surface area contributed by atoms with Gasteiger partial charge in [-0.2, -0.15) is 0 Å². The molecule has 0 fully saturated rings. The van der Waals surface area contributed by atoms with Crippen LogP contribution in [0.4, 0.5) is 4.39 Å². The summed E-state index contributed by atoms with van der Waals surface area (Å²) in [6, 6.07) is 12.4. The Hall–Kier alpha value is -1.42. The molecule has 0 saturated carbocycles. The van der Waals surface area contributed by atoms with Crippen molar-refractivity contribution < 1.29 is 4.39 Å². The standard InChI is InChI=1S/C16H18ClFN2/c1-20(2)10-11-3-5-12(6-4-11)16(19)13-7-8-15(18)14(17)9-13/h3-9,16H,10,19H2,1-2H3. The lowest BCUT2D eigenvalue weighted by Gasteiger charge is -2.15. The first-order valence-corrected chi connectivity index (χ1v) is 6.79. The third kappa shape index (κ3) is 3.57. The Morgan fingerprint density at radius 3 is 2.25 bits per heavy atom. The highest BCUT2D eigenvalue weighted by Gasteiger charge is 2.11. The van der Waals surface area contributed by atoms with E-state index in [1.54, 1.807) is 12.1 Å². The van der Waals surface area contributed by atoms with Crippen LogP contribution in [0.15, 0.2) is 42.5 Å². The average molecular weight is 293 g/mol. The van der Waals surface area contributed by atoms with Crippen molar-refractivity contribution in [3.05, 3.63) is 70.0 Å². The fraction of sp³-hybridized carbons (Fsp3) is 0.250. The lowest BCUT2D eigenvalue weighted by molar-refractivity contribution is 0.402. The van der Waals surface area contributed by atoms with Crippen LogP contribution in [0.2, 0.25) is 5.02 Å². The first-order chi connectivity index (χ1) is 9.47. The van der Waals surface area contributed by atoms with Gasteiger partial charge in [-0.1, -0.05) is 41.9 Å². The molecular weight excluding hydrogens is 275 g/mol. The summed E-state index contributed by atoms with van der Waals surface area (Å²) in [5.41, 5.74) is 9.20. The molecule has 20 heavy (non-hydrogen) atoms. The Kier molecular flexibility index (Phi) is 4.76. The van der Waals surface area contributed by atoms with Gasteiger partial charge in [-0.25, -0.2) is 4.39 Å². The summed E-state index contributed by atoms with van der Waals surface area (Å²) >= 11 is 5.79. The Bertz CT molecular complexity index is 582. The van der Waals surface area contributed by atoms with Crippen molar-refractivity contribution in [2.45, 2.75) is 12.6 Å². The van der Waals surface area contributed by atoms with Crippen molar-refractivity contribution in [2.24, 2.45) is 5.73 Å². The van der Waals surface area contributed by atoms with E-state index in [9.17, 15) is 4.39 Å². The molecule has 4 heteroatoms. The van der Waals surface area contributed by atoms with E-state index in [2.05, 4.69) is 17.0 Å². The largest absolute Gasteiger partial charge is 0.320 e. The summed E-state index contributed by atoms with van der Waals surface area (Å²) in [5.74, 6) is -0.427. The Morgan fingerprint density at radius 1 is 1.10 bits per heavy atom. The van der Waals surface area contributed by atoms with Crippen LogP contribution >= 0.6 is 11.6 Å². The van der Waals surface area contributed by atoms with Gasteiger partial charge in [0.1, 0.15) is 5.82 Å². The van der Waals surface area contributed by atoms with Gasteiger partial charge in [-0.3, -0.25) is 0 Å². The van der Waals surface area contributed by atoms with Crippen LogP contribution in [0.25, 0.3) is 0 Å². The second kappa shape index (κ2) is 6.35. The van der Waals surface area contributed by atoms with Crippen LogP contribution in [-0.4, -0.2) is 19.0 Å². The molecule has 1 unspecified atom stereocenters. The third-order valence-corrected chi connectivity index (χ3v) is 3.43. The zero-order chi connectivity index (χ0) is 14.7. The molecule has 2 aromatic rings. The normalized spacial score (nSPS) is 12.7. The Labute approximate surface area is 124 Å². The number of halogens is 2. The first kappa shape index (κ1) is 15.0. The van der Waals surface area contributed by atoms with E-state index in [4.69, 9.17) is 17.3 Å². The summed E-state index contributed by atoms with van der Waals surface area (Å²) in [5, 5.41) is 0.0992. The van der Waals surface area contributed by atoms with Crippen LogP contribution in [0.3, 0.4) is 0 Å². The molecule has 0 aliphatic carbocycles. The van der Waals surface area contributed by atoms with Crippen molar-refractivity contribution in [3.63, 3.8) is 0 Å². The molecule has 0 amide bonds. The smallest absolute Gasteiger partial charge is 0.141 e. The van der Waals surface area contributed by atoms with Gasteiger partial charge in [0, 0.05) is 6.54 Å². The Morgan fingerprint density at radius 2 is 1.70 bits per heavy atom. The van der Waals surface area contributed by atoms with E-state index < -0.39 is 5.82 Å². The molecule has 2 N–H and O–H groups in total. The minimum atomic E-state index is -0.427. The maximum Gasteiger partial charge on any atom is 0.141 e. The van der Waals surface area contributed by atoms with Crippen molar-refractivity contribution in [1.82, 2.24) is 4.90 Å². The van der Waals surface area contributed by atoms with Crippen molar-refractivity contribution >= 4 is 11.6 Å². The van der Waals surface area contributed by atoms with Crippen LogP contribution in [-0.2, 0) is 6.54 Å². The van der Waals surface area contributed by atoms with Gasteiger partial charge >= 0.3 is 0 Å². The van der Waals surface area contributed by atoms with E-state index in [0.717, 1.165) is 17.7 Å². The number of rotatable bonds is 4. The van der Waals surface area contributed by atoms with Crippen LogP contribution < -0.4 is 5.73 Å². The summed E-state index contributed by atoms with van der Waals surface area (Å²) in [4.78, 5) is 2.11. The first-order valence-electron chi connectivity index (χ1n) is 6.41. The van der Waals surface area contributed by atoms with E-state index in [1.165, 1.54) is 11.6 Å². The molecule has 0 aromatic heterocycles. The molecule has 2 aromatic carbocycles. The van der Waals surface area contributed by atoms with Gasteiger partial charge < -0.3 is 10.6 Å². The molecule has 0 heterocycles. The van der Waals surface area contributed by atoms with Gasteiger partial charge in [0.25, 0.3) is 0 Å². The molecule has 0 radical (unpaired) electrons. The predicted molar refractivity (Wildman–Crippen MR) is 81.3 cm³/mol. The van der Waals surface area contributed by atoms with Crippen LogP contribution in [0.5, 0.6) is 0 Å². The molecule has 1 atom stereocenters. The summed E-state index contributed by atoms with van der Waals surface area (Å²) in [6.45, 7) is 0.887. The SMILES string of the molecule is CN(C)Cc1ccc(C(N)c2ccc(F)c(Cl)c2)cc1. The number of nitrogens with two attached hydrogens (primary N) is 1. The summed E-state index contributed by atoms with van der Waals surface area (Å²) in [7, 11) is 4.06. The molecule has 0 bridgehead atoms. The number of hydrogen-bond donors (Lipinski definition) is 1. The van der Waals surface area contributed by atoms with Crippen molar-refractivity contribution in [1.29, 1.82) is 0 Å². The van der Waals surface area contributed by atoms with E-state index >= 15 is 0 Å². The molecule has 0 aliphatic heterocycles. The second-order valence-corrected chi connectivity index (χ2v) is 5.54. The minimum Gasteiger partial charge on any atom is -0.320 e. The van der Waals surface area contributed by atoms with E-state index in [-0.39, 0.29) is 11.1 Å². The second-order valence-electron chi connectivity index (χ2n) is 5.13. The molecule has 0 saturated heterocycles. The molecule has 0 spiro atoms. The van der Waals surface area contributed by atoms with Crippen LogP contribution in [0.1, 0.15) is 22.7 Å². The molecular formula is C16H18ClFN2. The van der Waals surface area contributed by atoms with Gasteiger partial charge in [-0.15, -0.1) is 0 Å². The van der Waals surface area contributed by atoms with E-state index in [1.807, 2.05) is 26.2 Å². The Balaban J connectivity index is 2.20. The van der Waals surface area contributed by atoms with Crippen LogP contribution in [0, 0.1) is 5.82 Å². The van der Waals surface area contributed by atoms with E-state index in [0.29, 0.717) is 0 Å². The highest BCUT2D eigenvalue weighted by atomic mass is 35.5. The van der Waals surface area contributed by atoms with Gasteiger partial charge in [0.05, 0.1) is 11.1 Å². The maximum atomic E-state index is 13.2. The fourth-order valence-electron chi connectivity index (χ4n) is 2.09. The average Bonchev–Trinajstić information content (AvgIpc) is 2.41. The van der Waals surface area contributed by atoms with Gasteiger partial charge in [0.2, 0.25) is 0 Å². The fourth-order valence-corrected chi connectivity index (χ4v) is 2.28. The monoisotopic (exact) mass is 292 g/mol. The highest BCUT2D eigenvalue weighted by Crippen LogP contribution is 2.24. The van der Waals surface area contributed by atoms with Crippen molar-refractivity contribution in [3.8, 4) is 0 Å². The van der Waals surface area contributed by atoms with Gasteiger partial charge in [-0.05, 0) is 42.9 Å². The van der Waals surface area contributed by atoms with Gasteiger partial charge in [0.15, 0.2) is 0 Å². The quantitative estimate of drug-likeness (QED) is 0.933. The zero-order valence-electron chi connectivity index (χ0n) is 11.6. The van der Waals surface area contributed by atoms with Crippen molar-refractivity contribution in [2.75, 3.05) is 14.1 Å². The molecule has 106 valence electrons. The summed E-state index contributed by atoms with van der Waals surface area (Å²) < 4.78 is 13.2. The number of benzene rings is 2. The lowest BCUT2D eigenvalue weighted by atomic mass is 9.98. The zero-order valence-corrected chi connectivity index (χ0v) is 12.4. The predicted octanol–water partition coefficient (Wildman–Crippen LogP) is 3.59. The number of nitrogens with zero attached hydrogens (tertiary/aromatic N) is 1. The minimum absolute atomic E-state index is 0.0992. The molecule has 0 aliphatic rings. The highest BCUT2D eigenvalue weighted by molar-refractivity contribution is 6.30. The summed E-state index contributed by atoms with van der Waals surface area (Å²) in [6.07, 6.45) is 0. The maximum absolute atomic E-state index is 13.2. The number of hydrogen-bond acceptors (Lipinski definition) is 2.